The summed E-state index contributed by atoms with van der Waals surface area (Å²) in [7, 11) is 2.07. The molecule has 0 heterocycles. The average molecular weight is 586 g/mol. The summed E-state index contributed by atoms with van der Waals surface area (Å²) in [5.74, 6) is -1.71. The summed E-state index contributed by atoms with van der Waals surface area (Å²) >= 11 is 0. The smallest absolute Gasteiger partial charge is 0.251 e. The van der Waals surface area contributed by atoms with Crippen LogP contribution in [0.5, 0.6) is 0 Å². The van der Waals surface area contributed by atoms with Crippen LogP contribution in [0.25, 0.3) is 0 Å². The van der Waals surface area contributed by atoms with Crippen molar-refractivity contribution in [3.8, 4) is 0 Å². The van der Waals surface area contributed by atoms with Crippen LogP contribution in [-0.4, -0.2) is 48.2 Å². The molecule has 0 aromatic heterocycles. The minimum atomic E-state index is -0.985. The van der Waals surface area contributed by atoms with E-state index in [1.807, 2.05) is 37.3 Å². The number of nitrogens with one attached hydrogen (secondary N) is 2. The maximum Gasteiger partial charge on any atom is 0.251 e. The number of rotatable bonds is 14. The van der Waals surface area contributed by atoms with Gasteiger partial charge in [0.25, 0.3) is 5.91 Å². The fraction of sp³-hybridized carbons (Fsp3) is 0.424. The highest BCUT2D eigenvalue weighted by Gasteiger charge is 2.44. The van der Waals surface area contributed by atoms with Gasteiger partial charge in [-0.3, -0.25) is 4.79 Å². The predicted molar refractivity (Wildman–Crippen MR) is 162 cm³/mol. The van der Waals surface area contributed by atoms with Crippen LogP contribution in [0.1, 0.15) is 65.2 Å². The number of hydrogen-bond donors (Lipinski definition) is 3. The Morgan fingerprint density at radius 3 is 2.34 bits per heavy atom. The van der Waals surface area contributed by atoms with Gasteiger partial charge in [0, 0.05) is 30.3 Å². The van der Waals surface area contributed by atoms with Gasteiger partial charge < -0.3 is 20.6 Å². The fourth-order valence-corrected chi connectivity index (χ4v) is 5.31. The molecule has 0 unspecified atom stereocenters. The minimum absolute atomic E-state index is 0. The molecule has 3 aromatic rings. The van der Waals surface area contributed by atoms with Crippen molar-refractivity contribution in [1.29, 1.82) is 0 Å². The second kappa shape index (κ2) is 14.9. The third-order valence-corrected chi connectivity index (χ3v) is 7.63. The number of halogens is 3. The van der Waals surface area contributed by atoms with E-state index in [0.29, 0.717) is 11.1 Å². The lowest BCUT2D eigenvalue weighted by Gasteiger charge is -2.27. The highest BCUT2D eigenvalue weighted by Crippen LogP contribution is 2.45. The van der Waals surface area contributed by atoms with Crippen molar-refractivity contribution >= 4 is 18.3 Å². The molecule has 1 aliphatic rings. The van der Waals surface area contributed by atoms with Crippen LogP contribution in [0.4, 0.5) is 8.78 Å². The third-order valence-electron chi connectivity index (χ3n) is 7.63. The Labute approximate surface area is 248 Å². The first-order valence-electron chi connectivity index (χ1n) is 14.2. The van der Waals surface area contributed by atoms with E-state index in [-0.39, 0.29) is 36.8 Å². The molecule has 1 aliphatic carbocycles. The highest BCUT2D eigenvalue weighted by atomic mass is 35.5. The van der Waals surface area contributed by atoms with Gasteiger partial charge in [-0.25, -0.2) is 8.78 Å². The molecule has 222 valence electrons. The average Bonchev–Trinajstić information content (AvgIpc) is 3.71. The van der Waals surface area contributed by atoms with Crippen molar-refractivity contribution in [3.63, 3.8) is 0 Å². The third kappa shape index (κ3) is 9.33. The zero-order valence-electron chi connectivity index (χ0n) is 24.1. The Hall–Kier alpha value is -2.84. The largest absolute Gasteiger partial charge is 0.390 e. The summed E-state index contributed by atoms with van der Waals surface area (Å²) < 4.78 is 27.9. The van der Waals surface area contributed by atoms with Crippen molar-refractivity contribution < 1.29 is 18.7 Å². The van der Waals surface area contributed by atoms with E-state index >= 15 is 0 Å². The zero-order chi connectivity index (χ0) is 28.7. The predicted octanol–water partition coefficient (Wildman–Crippen LogP) is 5.91. The molecule has 2 atom stereocenters. The van der Waals surface area contributed by atoms with Crippen LogP contribution in [0.15, 0.2) is 66.7 Å². The Morgan fingerprint density at radius 1 is 1.02 bits per heavy atom. The number of carbonyl (C=O) groups excluding carboxylic acids is 1. The van der Waals surface area contributed by atoms with Gasteiger partial charge >= 0.3 is 0 Å². The van der Waals surface area contributed by atoms with E-state index < -0.39 is 23.8 Å². The van der Waals surface area contributed by atoms with Crippen LogP contribution in [0.2, 0.25) is 0 Å². The maximum atomic E-state index is 14.0. The number of unbranched alkanes of at least 4 members (excludes halogenated alkanes) is 1. The fourth-order valence-electron chi connectivity index (χ4n) is 5.31. The molecule has 0 spiro atoms. The quantitative estimate of drug-likeness (QED) is 0.220. The molecule has 0 saturated heterocycles. The van der Waals surface area contributed by atoms with E-state index in [2.05, 4.69) is 47.7 Å². The van der Waals surface area contributed by atoms with Crippen LogP contribution in [-0.2, 0) is 18.5 Å². The molecule has 1 amide bonds. The van der Waals surface area contributed by atoms with E-state index in [4.69, 9.17) is 0 Å². The Balaban J connectivity index is 0.00000462. The summed E-state index contributed by atoms with van der Waals surface area (Å²) in [4.78, 5) is 15.7. The van der Waals surface area contributed by atoms with Crippen molar-refractivity contribution in [3.05, 3.63) is 106 Å². The summed E-state index contributed by atoms with van der Waals surface area (Å²) in [6.45, 7) is 6.04. The van der Waals surface area contributed by atoms with E-state index in [9.17, 15) is 18.7 Å². The van der Waals surface area contributed by atoms with Gasteiger partial charge in [-0.05, 0) is 87.2 Å². The van der Waals surface area contributed by atoms with E-state index in [1.54, 1.807) is 0 Å². The van der Waals surface area contributed by atoms with Gasteiger partial charge in [-0.15, -0.1) is 12.4 Å². The molecule has 5 nitrogen and oxygen atoms in total. The molecule has 1 saturated carbocycles. The first-order valence-corrected chi connectivity index (χ1v) is 14.2. The van der Waals surface area contributed by atoms with Crippen molar-refractivity contribution in [2.75, 3.05) is 20.1 Å². The zero-order valence-corrected chi connectivity index (χ0v) is 24.9. The molecule has 3 N–H and O–H groups in total. The van der Waals surface area contributed by atoms with Crippen molar-refractivity contribution in [2.45, 2.75) is 70.2 Å². The van der Waals surface area contributed by atoms with Crippen LogP contribution in [0, 0.1) is 18.6 Å². The van der Waals surface area contributed by atoms with Gasteiger partial charge in [-0.1, -0.05) is 55.3 Å². The number of nitrogens with zero attached hydrogens (tertiary/aromatic N) is 1. The molecule has 0 aliphatic heterocycles. The summed E-state index contributed by atoms with van der Waals surface area (Å²) in [6.07, 6.45) is 3.23. The lowest BCUT2D eigenvalue weighted by molar-refractivity contribution is 0.0821. The summed E-state index contributed by atoms with van der Waals surface area (Å²) in [5.41, 5.74) is 3.83. The number of hydrogen-bond acceptors (Lipinski definition) is 4. The lowest BCUT2D eigenvalue weighted by Crippen LogP contribution is -2.50. The SMILES string of the molecule is CCCCN(C)Cc1cc(C)cc(C(=O)N[C@@H](Cc2cc(F)cc(F)c2)[C@@H](O)CNC2(c3ccccc3)CC2)c1.Cl. The lowest BCUT2D eigenvalue weighted by atomic mass is 9.98. The highest BCUT2D eigenvalue weighted by molar-refractivity contribution is 5.94. The monoisotopic (exact) mass is 585 g/mol. The molecular formula is C33H42ClF2N3O2. The molecule has 3 aromatic carbocycles. The van der Waals surface area contributed by atoms with Crippen molar-refractivity contribution in [1.82, 2.24) is 15.5 Å². The number of aliphatic hydroxyl groups is 1. The molecule has 0 radical (unpaired) electrons. The number of carbonyl (C=O) groups is 1. The number of amides is 1. The first-order chi connectivity index (χ1) is 19.2. The number of aryl methyl sites for hydroxylation is 1. The van der Waals surface area contributed by atoms with Crippen LogP contribution < -0.4 is 10.6 Å². The van der Waals surface area contributed by atoms with E-state index in [1.165, 1.54) is 12.1 Å². The minimum Gasteiger partial charge on any atom is -0.390 e. The van der Waals surface area contributed by atoms with Crippen LogP contribution in [0.3, 0.4) is 0 Å². The standard InChI is InChI=1S/C33H41F2N3O2.ClH/c1-4-5-13-38(3)22-25-14-23(2)15-26(16-25)32(40)37-30(19-24-17-28(34)20-29(35)18-24)31(39)21-36-33(11-12-33)27-9-7-6-8-10-27;/h6-10,14-18,20,30-31,36,39H,4-5,11-13,19,21-22H2,1-3H3,(H,37,40);1H/t30-,31-;/m0./s1. The summed E-state index contributed by atoms with van der Waals surface area (Å²) in [6, 6.07) is 18.4. The van der Waals surface area contributed by atoms with Gasteiger partial charge in [0.2, 0.25) is 0 Å². The number of benzene rings is 3. The molecule has 1 fully saturated rings. The van der Waals surface area contributed by atoms with Crippen LogP contribution >= 0.6 is 12.4 Å². The Bertz CT molecular complexity index is 1270. The maximum absolute atomic E-state index is 14.0. The van der Waals surface area contributed by atoms with Gasteiger partial charge in [0.15, 0.2) is 0 Å². The molecule has 4 rings (SSSR count). The van der Waals surface area contributed by atoms with Gasteiger partial charge in [0.05, 0.1) is 12.1 Å². The normalized spacial score (nSPS) is 15.2. The Kier molecular flexibility index (Phi) is 11.9. The molecule has 8 heteroatoms. The number of aliphatic hydroxyl groups excluding tert-OH is 1. The Morgan fingerprint density at radius 2 is 1.71 bits per heavy atom. The first kappa shape index (κ1) is 32.7. The van der Waals surface area contributed by atoms with Gasteiger partial charge in [0.1, 0.15) is 11.6 Å². The van der Waals surface area contributed by atoms with Crippen molar-refractivity contribution in [2.24, 2.45) is 0 Å². The second-order valence-corrected chi connectivity index (χ2v) is 11.3. The van der Waals surface area contributed by atoms with E-state index in [0.717, 1.165) is 61.5 Å². The van der Waals surface area contributed by atoms with Gasteiger partial charge in [-0.2, -0.15) is 0 Å². The second-order valence-electron chi connectivity index (χ2n) is 11.3. The molecular weight excluding hydrogens is 544 g/mol. The topological polar surface area (TPSA) is 64.6 Å². The molecule has 0 bridgehead atoms. The molecule has 41 heavy (non-hydrogen) atoms. The summed E-state index contributed by atoms with van der Waals surface area (Å²) in [5, 5.41) is 17.7.